The molecule has 0 N–H and O–H groups in total. The van der Waals surface area contributed by atoms with Crippen LogP contribution in [0, 0.1) is 23.3 Å². The maximum atomic E-state index is 13.6. The molecule has 0 bridgehead atoms. The summed E-state index contributed by atoms with van der Waals surface area (Å²) in [6.45, 7) is 0. The fourth-order valence-electron chi connectivity index (χ4n) is 1.47. The summed E-state index contributed by atoms with van der Waals surface area (Å²) < 4.78 is 52.6. The minimum atomic E-state index is -1.89. The Balaban J connectivity index is 2.75. The van der Waals surface area contributed by atoms with Crippen LogP contribution in [0.2, 0.25) is 10.0 Å². The second kappa shape index (κ2) is 4.78. The molecule has 0 heterocycles. The van der Waals surface area contributed by atoms with Crippen molar-refractivity contribution < 1.29 is 17.6 Å². The van der Waals surface area contributed by atoms with Crippen molar-refractivity contribution >= 4 is 23.2 Å². The van der Waals surface area contributed by atoms with Crippen LogP contribution in [0.3, 0.4) is 0 Å². The van der Waals surface area contributed by atoms with Crippen LogP contribution in [-0.2, 0) is 0 Å². The van der Waals surface area contributed by atoms with Gasteiger partial charge in [-0.05, 0) is 24.3 Å². The minimum absolute atomic E-state index is 0.0144. The summed E-state index contributed by atoms with van der Waals surface area (Å²) in [6, 6.07) is 4.55. The van der Waals surface area contributed by atoms with E-state index in [0.29, 0.717) is 6.07 Å². The van der Waals surface area contributed by atoms with E-state index in [9.17, 15) is 17.6 Å². The van der Waals surface area contributed by atoms with Gasteiger partial charge in [0, 0.05) is 21.2 Å². The maximum absolute atomic E-state index is 13.6. The Kier molecular flexibility index (Phi) is 3.50. The zero-order chi connectivity index (χ0) is 13.4. The third-order valence-electron chi connectivity index (χ3n) is 2.32. The molecule has 0 aliphatic heterocycles. The molecule has 2 aromatic rings. The van der Waals surface area contributed by atoms with Gasteiger partial charge in [0.2, 0.25) is 0 Å². The summed E-state index contributed by atoms with van der Waals surface area (Å²) >= 11 is 11.5. The van der Waals surface area contributed by atoms with E-state index in [0.717, 1.165) is 0 Å². The molecular formula is C12H4Cl2F4. The highest BCUT2D eigenvalue weighted by Crippen LogP contribution is 2.34. The molecule has 0 unspecified atom stereocenters. The predicted molar refractivity (Wildman–Crippen MR) is 61.7 cm³/mol. The van der Waals surface area contributed by atoms with Crippen LogP contribution in [0.5, 0.6) is 0 Å². The number of halogens is 6. The van der Waals surface area contributed by atoms with Gasteiger partial charge in [0.1, 0.15) is 0 Å². The van der Waals surface area contributed by atoms with Gasteiger partial charge in [-0.2, -0.15) is 0 Å². The first kappa shape index (κ1) is 13.2. The number of rotatable bonds is 1. The van der Waals surface area contributed by atoms with Gasteiger partial charge in [-0.15, -0.1) is 0 Å². The maximum Gasteiger partial charge on any atom is 0.198 e. The summed E-state index contributed by atoms with van der Waals surface area (Å²) in [5.74, 6) is -6.77. The van der Waals surface area contributed by atoms with E-state index in [2.05, 4.69) is 0 Å². The van der Waals surface area contributed by atoms with E-state index in [4.69, 9.17) is 23.2 Å². The van der Waals surface area contributed by atoms with Gasteiger partial charge in [0.25, 0.3) is 0 Å². The molecule has 6 heteroatoms. The third kappa shape index (κ3) is 2.18. The lowest BCUT2D eigenvalue weighted by molar-refractivity contribution is 0.411. The van der Waals surface area contributed by atoms with Crippen molar-refractivity contribution in [2.45, 2.75) is 0 Å². The Bertz CT molecular complexity index is 626. The Morgan fingerprint density at radius 2 is 1.39 bits per heavy atom. The van der Waals surface area contributed by atoms with Gasteiger partial charge >= 0.3 is 0 Å². The SMILES string of the molecule is Fc1cc(-c2cc(Cl)ccc2Cl)c(F)c(F)c1F. The molecule has 18 heavy (non-hydrogen) atoms. The summed E-state index contributed by atoms with van der Waals surface area (Å²) in [5, 5.41) is 0.252. The molecule has 0 radical (unpaired) electrons. The lowest BCUT2D eigenvalue weighted by atomic mass is 10.0. The van der Waals surface area contributed by atoms with Crippen LogP contribution in [0.4, 0.5) is 17.6 Å². The summed E-state index contributed by atoms with van der Waals surface area (Å²) in [5.41, 5.74) is -0.502. The Labute approximate surface area is 110 Å². The fourth-order valence-corrected chi connectivity index (χ4v) is 1.86. The van der Waals surface area contributed by atoms with Gasteiger partial charge in [0.15, 0.2) is 23.3 Å². The van der Waals surface area contributed by atoms with Crippen molar-refractivity contribution in [2.75, 3.05) is 0 Å². The van der Waals surface area contributed by atoms with Crippen molar-refractivity contribution in [3.8, 4) is 11.1 Å². The summed E-state index contributed by atoms with van der Waals surface area (Å²) in [7, 11) is 0. The third-order valence-corrected chi connectivity index (χ3v) is 2.89. The fraction of sp³-hybridized carbons (Fsp3) is 0. The monoisotopic (exact) mass is 294 g/mol. The van der Waals surface area contributed by atoms with Crippen molar-refractivity contribution in [3.63, 3.8) is 0 Å². The van der Waals surface area contributed by atoms with Crippen LogP contribution in [0.1, 0.15) is 0 Å². The predicted octanol–water partition coefficient (Wildman–Crippen LogP) is 5.22. The normalized spacial score (nSPS) is 10.8. The van der Waals surface area contributed by atoms with Crippen molar-refractivity contribution in [1.82, 2.24) is 0 Å². The van der Waals surface area contributed by atoms with Gasteiger partial charge in [0.05, 0.1) is 0 Å². The van der Waals surface area contributed by atoms with E-state index in [1.807, 2.05) is 0 Å². The quantitative estimate of drug-likeness (QED) is 0.384. The zero-order valence-corrected chi connectivity index (χ0v) is 10.1. The molecule has 0 fully saturated rings. The van der Waals surface area contributed by atoms with Crippen LogP contribution in [0.15, 0.2) is 24.3 Å². The topological polar surface area (TPSA) is 0 Å². The first-order valence-corrected chi connectivity index (χ1v) is 5.46. The molecule has 0 saturated heterocycles. The molecule has 0 nitrogen and oxygen atoms in total. The molecule has 0 aromatic heterocycles. The zero-order valence-electron chi connectivity index (χ0n) is 8.58. The highest BCUT2D eigenvalue weighted by molar-refractivity contribution is 6.35. The molecule has 0 amide bonds. The first-order chi connectivity index (χ1) is 8.41. The average Bonchev–Trinajstić information content (AvgIpc) is 2.34. The number of hydrogen-bond donors (Lipinski definition) is 0. The average molecular weight is 295 g/mol. The van der Waals surface area contributed by atoms with E-state index in [-0.39, 0.29) is 15.6 Å². The smallest absolute Gasteiger partial charge is 0.198 e. The molecule has 0 saturated carbocycles. The van der Waals surface area contributed by atoms with Crippen LogP contribution in [-0.4, -0.2) is 0 Å². The second-order valence-electron chi connectivity index (χ2n) is 3.47. The van der Waals surface area contributed by atoms with E-state index in [1.165, 1.54) is 18.2 Å². The molecule has 2 rings (SSSR count). The van der Waals surface area contributed by atoms with Crippen LogP contribution >= 0.6 is 23.2 Å². The summed E-state index contributed by atoms with van der Waals surface area (Å²) in [4.78, 5) is 0. The van der Waals surface area contributed by atoms with E-state index < -0.39 is 28.8 Å². The Morgan fingerprint density at radius 3 is 2.06 bits per heavy atom. The van der Waals surface area contributed by atoms with E-state index in [1.54, 1.807) is 0 Å². The molecule has 0 aliphatic rings. The standard InChI is InChI=1S/C12H4Cl2F4/c13-5-1-2-8(14)6(3-5)7-4-9(15)11(17)12(18)10(7)16/h1-4H. The minimum Gasteiger partial charge on any atom is -0.204 e. The number of benzene rings is 2. The summed E-state index contributed by atoms with van der Waals surface area (Å²) in [6.07, 6.45) is 0. The van der Waals surface area contributed by atoms with Gasteiger partial charge < -0.3 is 0 Å². The molecule has 0 atom stereocenters. The first-order valence-electron chi connectivity index (χ1n) is 4.70. The second-order valence-corrected chi connectivity index (χ2v) is 4.32. The van der Waals surface area contributed by atoms with Gasteiger partial charge in [-0.3, -0.25) is 0 Å². The van der Waals surface area contributed by atoms with Gasteiger partial charge in [-0.1, -0.05) is 23.2 Å². The van der Waals surface area contributed by atoms with Crippen LogP contribution < -0.4 is 0 Å². The van der Waals surface area contributed by atoms with Crippen molar-refractivity contribution in [1.29, 1.82) is 0 Å². The molecule has 94 valence electrons. The highest BCUT2D eigenvalue weighted by Gasteiger charge is 2.21. The molecule has 0 aliphatic carbocycles. The number of hydrogen-bond acceptors (Lipinski definition) is 0. The van der Waals surface area contributed by atoms with Crippen molar-refractivity contribution in [3.05, 3.63) is 57.6 Å². The Hall–Kier alpha value is -1.26. The van der Waals surface area contributed by atoms with E-state index >= 15 is 0 Å². The Morgan fingerprint density at radius 1 is 0.722 bits per heavy atom. The largest absolute Gasteiger partial charge is 0.204 e. The molecule has 0 spiro atoms. The van der Waals surface area contributed by atoms with Crippen molar-refractivity contribution in [2.24, 2.45) is 0 Å². The van der Waals surface area contributed by atoms with Gasteiger partial charge in [-0.25, -0.2) is 17.6 Å². The lowest BCUT2D eigenvalue weighted by Crippen LogP contribution is -1.98. The lowest BCUT2D eigenvalue weighted by Gasteiger charge is -2.08. The molecular weight excluding hydrogens is 291 g/mol. The molecule has 2 aromatic carbocycles. The van der Waals surface area contributed by atoms with Crippen LogP contribution in [0.25, 0.3) is 11.1 Å². The highest BCUT2D eigenvalue weighted by atomic mass is 35.5.